The second-order valence-electron chi connectivity index (χ2n) is 7.54. The summed E-state index contributed by atoms with van der Waals surface area (Å²) in [5, 5.41) is 7.01. The summed E-state index contributed by atoms with van der Waals surface area (Å²) >= 11 is 0. The van der Waals surface area contributed by atoms with E-state index in [0.29, 0.717) is 34.9 Å². The zero-order valence-corrected chi connectivity index (χ0v) is 17.3. The number of benzene rings is 2. The van der Waals surface area contributed by atoms with Gasteiger partial charge in [0.05, 0.1) is 7.11 Å². The van der Waals surface area contributed by atoms with Crippen molar-refractivity contribution in [1.29, 1.82) is 0 Å². The number of hydrogen-bond donors (Lipinski definition) is 2. The minimum Gasteiger partial charge on any atom is -0.496 e. The summed E-state index contributed by atoms with van der Waals surface area (Å²) in [6.45, 7) is 3.00. The smallest absolute Gasteiger partial charge is 0.349 e. The highest BCUT2D eigenvalue weighted by Crippen LogP contribution is 2.28. The van der Waals surface area contributed by atoms with Gasteiger partial charge in [-0.2, -0.15) is 0 Å². The molecule has 0 aliphatic carbocycles. The fraction of sp³-hybridized carbons (Fsp3) is 0.333. The van der Waals surface area contributed by atoms with Crippen molar-refractivity contribution in [2.75, 3.05) is 19.0 Å². The summed E-state index contributed by atoms with van der Waals surface area (Å²) in [6, 6.07) is 13.3. The standard InChI is InChI=1S/C24H26N2O4/c1-3-18-21(29-2)12-9-16-14-19(24(28)30-22(16)18)23(27)26-17-10-7-15(8-11-17)20-6-4-5-13-25-20/h7-12,14,20,25H,3-6,13H2,1-2H3,(H,26,27)/t20-/m1/s1. The Hall–Kier alpha value is -3.12. The zero-order chi connectivity index (χ0) is 21.1. The molecular formula is C24H26N2O4. The van der Waals surface area contributed by atoms with Crippen LogP contribution < -0.4 is 21.0 Å². The summed E-state index contributed by atoms with van der Waals surface area (Å²) < 4.78 is 10.9. The number of amides is 1. The Morgan fingerprint density at radius 2 is 2.00 bits per heavy atom. The molecule has 3 aromatic rings. The summed E-state index contributed by atoms with van der Waals surface area (Å²) in [7, 11) is 1.58. The van der Waals surface area contributed by atoms with E-state index in [1.54, 1.807) is 19.2 Å². The third kappa shape index (κ3) is 3.96. The number of carbonyl (C=O) groups is 1. The number of fused-ring (bicyclic) bond motifs is 1. The molecule has 6 nitrogen and oxygen atoms in total. The minimum atomic E-state index is -0.661. The predicted octanol–water partition coefficient (Wildman–Crippen LogP) is 4.43. The highest BCUT2D eigenvalue weighted by molar-refractivity contribution is 6.05. The van der Waals surface area contributed by atoms with Gasteiger partial charge in [0, 0.05) is 22.7 Å². The highest BCUT2D eigenvalue weighted by atomic mass is 16.5. The van der Waals surface area contributed by atoms with Gasteiger partial charge in [0.1, 0.15) is 16.9 Å². The van der Waals surface area contributed by atoms with Gasteiger partial charge in [-0.05, 0) is 61.7 Å². The fourth-order valence-electron chi connectivity index (χ4n) is 4.04. The van der Waals surface area contributed by atoms with E-state index in [-0.39, 0.29) is 5.56 Å². The number of rotatable bonds is 5. The highest BCUT2D eigenvalue weighted by Gasteiger charge is 2.18. The lowest BCUT2D eigenvalue weighted by Gasteiger charge is -2.24. The van der Waals surface area contributed by atoms with E-state index in [9.17, 15) is 9.59 Å². The maximum Gasteiger partial charge on any atom is 0.349 e. The SMILES string of the molecule is CCc1c(OC)ccc2cc(C(=O)Nc3ccc([C@H]4CCCCN4)cc3)c(=O)oc12. The maximum atomic E-state index is 12.7. The van der Waals surface area contributed by atoms with Gasteiger partial charge in [-0.15, -0.1) is 0 Å². The molecule has 30 heavy (non-hydrogen) atoms. The van der Waals surface area contributed by atoms with Crippen LogP contribution in [0.1, 0.15) is 53.7 Å². The molecule has 2 N–H and O–H groups in total. The first kappa shape index (κ1) is 20.2. The van der Waals surface area contributed by atoms with Crippen molar-refractivity contribution in [3.05, 3.63) is 69.6 Å². The third-order valence-corrected chi connectivity index (χ3v) is 5.66. The molecule has 1 saturated heterocycles. The number of methoxy groups -OCH3 is 1. The van der Waals surface area contributed by atoms with Crippen LogP contribution in [0.2, 0.25) is 0 Å². The molecule has 1 aromatic heterocycles. The second kappa shape index (κ2) is 8.71. The van der Waals surface area contributed by atoms with Crippen LogP contribution in [0.25, 0.3) is 11.0 Å². The molecule has 1 aliphatic heterocycles. The minimum absolute atomic E-state index is 0.0206. The Balaban J connectivity index is 1.57. The van der Waals surface area contributed by atoms with Gasteiger partial charge in [0.2, 0.25) is 0 Å². The molecule has 0 saturated carbocycles. The van der Waals surface area contributed by atoms with Crippen molar-refractivity contribution in [3.8, 4) is 5.75 Å². The Morgan fingerprint density at radius 3 is 2.67 bits per heavy atom. The molecular weight excluding hydrogens is 380 g/mol. The van der Waals surface area contributed by atoms with Gasteiger partial charge in [0.25, 0.3) is 5.91 Å². The molecule has 1 amide bonds. The number of nitrogens with one attached hydrogen (secondary N) is 2. The summed E-state index contributed by atoms with van der Waals surface area (Å²) in [4.78, 5) is 25.3. The number of aryl methyl sites for hydroxylation is 1. The summed E-state index contributed by atoms with van der Waals surface area (Å²) in [6.07, 6.45) is 4.20. The van der Waals surface area contributed by atoms with Crippen LogP contribution in [-0.2, 0) is 6.42 Å². The van der Waals surface area contributed by atoms with Crippen LogP contribution in [-0.4, -0.2) is 19.6 Å². The first-order chi connectivity index (χ1) is 14.6. The van der Waals surface area contributed by atoms with Crippen molar-refractivity contribution in [2.24, 2.45) is 0 Å². The molecule has 4 rings (SSSR count). The molecule has 0 spiro atoms. The lowest BCUT2D eigenvalue weighted by Crippen LogP contribution is -2.26. The first-order valence-electron chi connectivity index (χ1n) is 10.4. The lowest BCUT2D eigenvalue weighted by molar-refractivity contribution is 0.102. The van der Waals surface area contributed by atoms with E-state index in [4.69, 9.17) is 9.15 Å². The number of anilines is 1. The van der Waals surface area contributed by atoms with Crippen LogP contribution in [0.4, 0.5) is 5.69 Å². The van der Waals surface area contributed by atoms with Crippen LogP contribution in [0, 0.1) is 0 Å². The molecule has 1 atom stereocenters. The average molecular weight is 406 g/mol. The van der Waals surface area contributed by atoms with Gasteiger partial charge in [-0.25, -0.2) is 4.79 Å². The van der Waals surface area contributed by atoms with Crippen molar-refractivity contribution in [3.63, 3.8) is 0 Å². The number of carbonyl (C=O) groups excluding carboxylic acids is 1. The molecule has 0 radical (unpaired) electrons. The number of piperidine rings is 1. The molecule has 1 fully saturated rings. The first-order valence-corrected chi connectivity index (χ1v) is 10.4. The largest absolute Gasteiger partial charge is 0.496 e. The molecule has 0 bridgehead atoms. The van der Waals surface area contributed by atoms with E-state index in [1.165, 1.54) is 18.4 Å². The van der Waals surface area contributed by atoms with Crippen LogP contribution >= 0.6 is 0 Å². The molecule has 2 aromatic carbocycles. The Kier molecular flexibility index (Phi) is 5.86. The lowest BCUT2D eigenvalue weighted by atomic mass is 9.97. The van der Waals surface area contributed by atoms with Gasteiger partial charge >= 0.3 is 5.63 Å². The predicted molar refractivity (Wildman–Crippen MR) is 117 cm³/mol. The second-order valence-corrected chi connectivity index (χ2v) is 7.54. The van der Waals surface area contributed by atoms with Crippen LogP contribution in [0.5, 0.6) is 5.75 Å². The van der Waals surface area contributed by atoms with Gasteiger partial charge in [-0.1, -0.05) is 25.5 Å². The number of ether oxygens (including phenoxy) is 1. The maximum absolute atomic E-state index is 12.7. The molecule has 0 unspecified atom stereocenters. The Bertz CT molecular complexity index is 1110. The number of hydrogen-bond acceptors (Lipinski definition) is 5. The van der Waals surface area contributed by atoms with Gasteiger partial charge < -0.3 is 19.8 Å². The van der Waals surface area contributed by atoms with Gasteiger partial charge in [-0.3, -0.25) is 4.79 Å². The van der Waals surface area contributed by atoms with Crippen LogP contribution in [0.15, 0.2) is 51.7 Å². The normalized spacial score (nSPS) is 16.4. The monoisotopic (exact) mass is 406 g/mol. The zero-order valence-electron chi connectivity index (χ0n) is 17.3. The quantitative estimate of drug-likeness (QED) is 0.613. The Morgan fingerprint density at radius 1 is 1.20 bits per heavy atom. The molecule has 2 heterocycles. The van der Waals surface area contributed by atoms with Crippen molar-refractivity contribution in [1.82, 2.24) is 5.32 Å². The summed E-state index contributed by atoms with van der Waals surface area (Å²) in [5.41, 5.74) is 2.44. The fourth-order valence-corrected chi connectivity index (χ4v) is 4.04. The topological polar surface area (TPSA) is 80.6 Å². The van der Waals surface area contributed by atoms with E-state index >= 15 is 0 Å². The Labute approximate surface area is 175 Å². The van der Waals surface area contributed by atoms with Gasteiger partial charge in [0.15, 0.2) is 0 Å². The van der Waals surface area contributed by atoms with E-state index in [1.807, 2.05) is 37.3 Å². The van der Waals surface area contributed by atoms with Crippen molar-refractivity contribution >= 4 is 22.6 Å². The van der Waals surface area contributed by atoms with Crippen molar-refractivity contribution in [2.45, 2.75) is 38.6 Å². The third-order valence-electron chi connectivity index (χ3n) is 5.66. The average Bonchev–Trinajstić information content (AvgIpc) is 2.78. The van der Waals surface area contributed by atoms with E-state index < -0.39 is 11.5 Å². The van der Waals surface area contributed by atoms with E-state index in [2.05, 4.69) is 10.6 Å². The molecule has 6 heteroatoms. The van der Waals surface area contributed by atoms with Crippen LogP contribution in [0.3, 0.4) is 0 Å². The molecule has 1 aliphatic rings. The molecule has 156 valence electrons. The van der Waals surface area contributed by atoms with E-state index in [0.717, 1.165) is 18.5 Å². The van der Waals surface area contributed by atoms with Crippen molar-refractivity contribution < 1.29 is 13.9 Å². The summed E-state index contributed by atoms with van der Waals surface area (Å²) in [5.74, 6) is 0.181.